The maximum absolute atomic E-state index is 13.0. The number of aliphatic hydroxyl groups excluding tert-OH is 1. The van der Waals surface area contributed by atoms with Gasteiger partial charge in [-0.15, -0.1) is 11.3 Å². The number of hydrogen-bond donors (Lipinski definition) is 2. The lowest BCUT2D eigenvalue weighted by Crippen LogP contribution is -2.20. The topological polar surface area (TPSA) is 75.1 Å². The van der Waals surface area contributed by atoms with Crippen molar-refractivity contribution in [3.05, 3.63) is 81.2 Å². The average molecular weight is 413 g/mol. The second kappa shape index (κ2) is 8.39. The fourth-order valence-electron chi connectivity index (χ4n) is 3.29. The van der Waals surface area contributed by atoms with Crippen LogP contribution in [0.15, 0.2) is 48.2 Å². The molecule has 5 nitrogen and oxygen atoms in total. The SMILES string of the molecule is O=C(c1cc(Cc2ccc(Cl)cc2)cs1)c1cncnc1N[C@@H]1C[CH][C@H](O)C1. The molecule has 7 heteroatoms. The van der Waals surface area contributed by atoms with Gasteiger partial charge in [-0.1, -0.05) is 23.7 Å². The zero-order chi connectivity index (χ0) is 19.5. The average Bonchev–Trinajstić information content (AvgIpc) is 3.32. The Morgan fingerprint density at radius 1 is 1.29 bits per heavy atom. The summed E-state index contributed by atoms with van der Waals surface area (Å²) in [7, 11) is 0. The fourth-order valence-corrected chi connectivity index (χ4v) is 4.28. The molecule has 1 aliphatic carbocycles. The minimum absolute atomic E-state index is 0.0697. The van der Waals surface area contributed by atoms with Crippen LogP contribution in [-0.2, 0) is 6.42 Å². The molecule has 2 heterocycles. The van der Waals surface area contributed by atoms with Crippen LogP contribution in [0.5, 0.6) is 0 Å². The number of aliphatic hydroxyl groups is 1. The maximum atomic E-state index is 13.0. The Kier molecular flexibility index (Phi) is 5.71. The van der Waals surface area contributed by atoms with Crippen molar-refractivity contribution in [1.82, 2.24) is 9.97 Å². The lowest BCUT2D eigenvalue weighted by Gasteiger charge is -2.14. The van der Waals surface area contributed by atoms with Crippen molar-refractivity contribution in [2.24, 2.45) is 0 Å². The quantitative estimate of drug-likeness (QED) is 0.595. The summed E-state index contributed by atoms with van der Waals surface area (Å²) in [6, 6.07) is 9.70. The summed E-state index contributed by atoms with van der Waals surface area (Å²) in [6.07, 6.45) is 6.52. The van der Waals surface area contributed by atoms with E-state index in [0.717, 1.165) is 24.0 Å². The lowest BCUT2D eigenvalue weighted by molar-refractivity contribution is 0.104. The summed E-state index contributed by atoms with van der Waals surface area (Å²) in [5, 5.41) is 15.7. The standard InChI is InChI=1S/C21H19ClN3O2S/c22-15-3-1-13(2-4-15)7-14-8-19(28-11-14)20(27)18-10-23-12-24-21(18)25-16-5-6-17(26)9-16/h1-4,6,8,10-12,16-17,26H,5,7,9H2,(H,23,24,25)/t16-,17+/m1/s1. The molecule has 143 valence electrons. The summed E-state index contributed by atoms with van der Waals surface area (Å²) in [4.78, 5) is 22.0. The van der Waals surface area contributed by atoms with Crippen LogP contribution >= 0.6 is 22.9 Å². The third kappa shape index (κ3) is 4.41. The number of carbonyl (C=O) groups is 1. The van der Waals surface area contributed by atoms with Gasteiger partial charge in [-0.3, -0.25) is 4.79 Å². The van der Waals surface area contributed by atoms with Crippen LogP contribution in [0.2, 0.25) is 5.02 Å². The van der Waals surface area contributed by atoms with Gasteiger partial charge in [0.2, 0.25) is 5.78 Å². The number of anilines is 1. The number of halogens is 1. The first-order valence-electron chi connectivity index (χ1n) is 9.03. The highest BCUT2D eigenvalue weighted by atomic mass is 35.5. The van der Waals surface area contributed by atoms with Gasteiger partial charge in [0.25, 0.3) is 0 Å². The number of rotatable bonds is 6. The van der Waals surface area contributed by atoms with Crippen molar-refractivity contribution in [2.45, 2.75) is 31.4 Å². The van der Waals surface area contributed by atoms with Gasteiger partial charge >= 0.3 is 0 Å². The van der Waals surface area contributed by atoms with Crippen molar-refractivity contribution in [1.29, 1.82) is 0 Å². The molecule has 4 rings (SSSR count). The van der Waals surface area contributed by atoms with Gasteiger partial charge in [0.15, 0.2) is 0 Å². The number of aromatic nitrogens is 2. The molecule has 0 spiro atoms. The van der Waals surface area contributed by atoms with E-state index in [2.05, 4.69) is 15.3 Å². The second-order valence-electron chi connectivity index (χ2n) is 6.85. The predicted molar refractivity (Wildman–Crippen MR) is 111 cm³/mol. The van der Waals surface area contributed by atoms with Crippen LogP contribution in [0.25, 0.3) is 0 Å². The van der Waals surface area contributed by atoms with E-state index >= 15 is 0 Å². The van der Waals surface area contributed by atoms with Crippen molar-refractivity contribution in [3.63, 3.8) is 0 Å². The number of thiophene rings is 1. The van der Waals surface area contributed by atoms with Gasteiger partial charge in [0.1, 0.15) is 12.1 Å². The molecule has 0 amide bonds. The smallest absolute Gasteiger partial charge is 0.208 e. The molecule has 1 aliphatic rings. The highest BCUT2D eigenvalue weighted by Gasteiger charge is 2.25. The molecular weight excluding hydrogens is 394 g/mol. The molecule has 0 bridgehead atoms. The predicted octanol–water partition coefficient (Wildman–Crippen LogP) is 4.15. The highest BCUT2D eigenvalue weighted by Crippen LogP contribution is 2.26. The molecule has 28 heavy (non-hydrogen) atoms. The number of nitrogens with one attached hydrogen (secondary N) is 1. The normalized spacial score (nSPS) is 18.9. The van der Waals surface area contributed by atoms with E-state index in [9.17, 15) is 9.90 Å². The molecule has 1 radical (unpaired) electrons. The molecule has 1 aromatic carbocycles. The minimum Gasteiger partial charge on any atom is -0.393 e. The minimum atomic E-state index is -0.411. The van der Waals surface area contributed by atoms with Crippen molar-refractivity contribution >= 4 is 34.5 Å². The van der Waals surface area contributed by atoms with E-state index in [1.54, 1.807) is 6.20 Å². The van der Waals surface area contributed by atoms with E-state index in [1.165, 1.54) is 17.7 Å². The van der Waals surface area contributed by atoms with Crippen LogP contribution in [0.1, 0.15) is 39.2 Å². The number of benzene rings is 1. The zero-order valence-corrected chi connectivity index (χ0v) is 16.6. The van der Waals surface area contributed by atoms with E-state index in [0.29, 0.717) is 27.7 Å². The molecule has 2 N–H and O–H groups in total. The largest absolute Gasteiger partial charge is 0.393 e. The number of ketones is 1. The Hall–Kier alpha value is -2.28. The van der Waals surface area contributed by atoms with Gasteiger partial charge in [-0.2, -0.15) is 0 Å². The van der Waals surface area contributed by atoms with Crippen LogP contribution in [0, 0.1) is 6.42 Å². The van der Waals surface area contributed by atoms with E-state index in [-0.39, 0.29) is 11.8 Å². The molecule has 0 saturated heterocycles. The van der Waals surface area contributed by atoms with Crippen LogP contribution in [0.3, 0.4) is 0 Å². The summed E-state index contributed by atoms with van der Waals surface area (Å²) in [5.41, 5.74) is 2.67. The molecule has 2 aromatic heterocycles. The molecular formula is C21H19ClN3O2S. The van der Waals surface area contributed by atoms with Crippen molar-refractivity contribution in [2.75, 3.05) is 5.32 Å². The van der Waals surface area contributed by atoms with Crippen LogP contribution < -0.4 is 5.32 Å². The van der Waals surface area contributed by atoms with E-state index in [4.69, 9.17) is 11.6 Å². The number of hydrogen-bond acceptors (Lipinski definition) is 6. The summed E-state index contributed by atoms with van der Waals surface area (Å²) >= 11 is 7.36. The molecule has 1 saturated carbocycles. The monoisotopic (exact) mass is 412 g/mol. The van der Waals surface area contributed by atoms with Gasteiger partial charge < -0.3 is 10.4 Å². The van der Waals surface area contributed by atoms with Gasteiger partial charge in [-0.05, 0) is 60.4 Å². The van der Waals surface area contributed by atoms with Crippen molar-refractivity contribution < 1.29 is 9.90 Å². The highest BCUT2D eigenvalue weighted by molar-refractivity contribution is 7.12. The Balaban J connectivity index is 1.50. The zero-order valence-electron chi connectivity index (χ0n) is 15.0. The first kappa shape index (κ1) is 19.1. The number of nitrogens with zero attached hydrogens (tertiary/aromatic N) is 2. The fraction of sp³-hybridized carbons (Fsp3) is 0.238. The van der Waals surface area contributed by atoms with Crippen LogP contribution in [-0.4, -0.2) is 33.0 Å². The molecule has 2 atom stereocenters. The third-order valence-electron chi connectivity index (χ3n) is 4.72. The molecule has 3 aromatic rings. The van der Waals surface area contributed by atoms with Gasteiger partial charge in [0, 0.05) is 17.3 Å². The van der Waals surface area contributed by atoms with Gasteiger partial charge in [-0.25, -0.2) is 9.97 Å². The second-order valence-corrected chi connectivity index (χ2v) is 8.20. The Morgan fingerprint density at radius 3 is 2.86 bits per heavy atom. The Morgan fingerprint density at radius 2 is 2.11 bits per heavy atom. The Bertz CT molecular complexity index is 974. The van der Waals surface area contributed by atoms with Crippen LogP contribution in [0.4, 0.5) is 5.82 Å². The third-order valence-corrected chi connectivity index (χ3v) is 5.95. The first-order chi connectivity index (χ1) is 13.6. The summed E-state index contributed by atoms with van der Waals surface area (Å²) in [6.45, 7) is 0. The first-order valence-corrected chi connectivity index (χ1v) is 10.3. The Labute approximate surface area is 172 Å². The molecule has 1 fully saturated rings. The number of carbonyl (C=O) groups excluding carboxylic acids is 1. The van der Waals surface area contributed by atoms with Crippen molar-refractivity contribution in [3.8, 4) is 0 Å². The molecule has 0 aliphatic heterocycles. The summed E-state index contributed by atoms with van der Waals surface area (Å²) in [5.74, 6) is 0.415. The maximum Gasteiger partial charge on any atom is 0.208 e. The van der Waals surface area contributed by atoms with E-state index < -0.39 is 6.10 Å². The van der Waals surface area contributed by atoms with E-state index in [1.807, 2.05) is 42.1 Å². The van der Waals surface area contributed by atoms with Gasteiger partial charge in [0.05, 0.1) is 16.5 Å². The lowest BCUT2D eigenvalue weighted by atomic mass is 10.1. The summed E-state index contributed by atoms with van der Waals surface area (Å²) < 4.78 is 0. The molecule has 0 unspecified atom stereocenters.